The van der Waals surface area contributed by atoms with E-state index < -0.39 is 0 Å². The second-order valence-electron chi connectivity index (χ2n) is 4.94. The lowest BCUT2D eigenvalue weighted by molar-refractivity contribution is -0.114. The van der Waals surface area contributed by atoms with Crippen LogP contribution >= 0.6 is 0 Å². The van der Waals surface area contributed by atoms with Gasteiger partial charge in [-0.05, 0) is 43.7 Å². The van der Waals surface area contributed by atoms with Crippen molar-refractivity contribution in [3.63, 3.8) is 0 Å². The third-order valence-corrected chi connectivity index (χ3v) is 3.17. The number of carbonyl (C=O) groups excluding carboxylic acids is 1. The molecular weight excluding hydrogens is 262 g/mol. The Kier molecular flexibility index (Phi) is 4.77. The Hall–Kier alpha value is -2.55. The van der Waals surface area contributed by atoms with Crippen molar-refractivity contribution < 1.29 is 9.21 Å². The Bertz CT molecular complexity index is 614. The molecule has 0 aliphatic heterocycles. The van der Waals surface area contributed by atoms with E-state index in [1.165, 1.54) is 6.08 Å². The Morgan fingerprint density at radius 1 is 1.29 bits per heavy atom. The zero-order valence-corrected chi connectivity index (χ0v) is 12.2. The predicted molar refractivity (Wildman–Crippen MR) is 85.0 cm³/mol. The van der Waals surface area contributed by atoms with Gasteiger partial charge in [-0.2, -0.15) is 0 Å². The van der Waals surface area contributed by atoms with E-state index in [1.54, 1.807) is 11.2 Å². The fourth-order valence-electron chi connectivity index (χ4n) is 2.28. The fraction of sp³-hybridized carbons (Fsp3) is 0.167. The van der Waals surface area contributed by atoms with Crippen molar-refractivity contribution in [2.24, 2.45) is 0 Å². The summed E-state index contributed by atoms with van der Waals surface area (Å²) in [7, 11) is 0. The second-order valence-corrected chi connectivity index (χ2v) is 4.94. The molecular formula is C18H19NO2. The van der Waals surface area contributed by atoms with E-state index in [0.717, 1.165) is 17.0 Å². The summed E-state index contributed by atoms with van der Waals surface area (Å²) in [6, 6.07) is 13.0. The highest BCUT2D eigenvalue weighted by Crippen LogP contribution is 2.32. The molecule has 0 spiro atoms. The molecule has 1 amide bonds. The van der Waals surface area contributed by atoms with Gasteiger partial charge in [0.05, 0.1) is 12.3 Å². The first-order valence-corrected chi connectivity index (χ1v) is 6.82. The Morgan fingerprint density at radius 3 is 2.52 bits per heavy atom. The summed E-state index contributed by atoms with van der Waals surface area (Å²) in [5, 5.41) is 0. The van der Waals surface area contributed by atoms with Gasteiger partial charge in [0.2, 0.25) is 0 Å². The number of hydrogen-bond donors (Lipinski definition) is 0. The van der Waals surface area contributed by atoms with E-state index in [4.69, 9.17) is 4.42 Å². The van der Waals surface area contributed by atoms with Gasteiger partial charge in [0.1, 0.15) is 5.76 Å². The predicted octanol–water partition coefficient (Wildman–Crippen LogP) is 4.51. The van der Waals surface area contributed by atoms with E-state index in [0.29, 0.717) is 6.42 Å². The zero-order chi connectivity index (χ0) is 15.2. The summed E-state index contributed by atoms with van der Waals surface area (Å²) in [5.41, 5.74) is 1.79. The van der Waals surface area contributed by atoms with E-state index >= 15 is 0 Å². The van der Waals surface area contributed by atoms with Crippen molar-refractivity contribution >= 4 is 11.6 Å². The van der Waals surface area contributed by atoms with Crippen LogP contribution in [0, 0.1) is 0 Å². The molecule has 1 unspecified atom stereocenters. The van der Waals surface area contributed by atoms with Gasteiger partial charge in [0, 0.05) is 5.69 Å². The van der Waals surface area contributed by atoms with Crippen LogP contribution in [0.2, 0.25) is 0 Å². The molecule has 0 saturated heterocycles. The lowest BCUT2D eigenvalue weighted by atomic mass is 10.0. The molecule has 2 rings (SSSR count). The normalized spacial score (nSPS) is 11.7. The minimum Gasteiger partial charge on any atom is -0.467 e. The lowest BCUT2D eigenvalue weighted by Crippen LogP contribution is -2.33. The third kappa shape index (κ3) is 3.51. The molecule has 0 N–H and O–H groups in total. The molecule has 2 aromatic rings. The number of hydrogen-bond acceptors (Lipinski definition) is 2. The summed E-state index contributed by atoms with van der Waals surface area (Å²) in [5.74, 6) is 0.570. The van der Waals surface area contributed by atoms with Crippen molar-refractivity contribution in [3.05, 3.63) is 79.3 Å². The van der Waals surface area contributed by atoms with Gasteiger partial charge in [-0.15, -0.1) is 6.58 Å². The van der Waals surface area contributed by atoms with Crippen LogP contribution in [0.4, 0.5) is 5.69 Å². The number of benzene rings is 1. The molecule has 0 aliphatic carbocycles. The summed E-state index contributed by atoms with van der Waals surface area (Å²) in [4.78, 5) is 14.1. The first kappa shape index (κ1) is 14.9. The highest BCUT2D eigenvalue weighted by atomic mass is 16.3. The highest BCUT2D eigenvalue weighted by molar-refractivity contribution is 6.01. The van der Waals surface area contributed by atoms with Crippen molar-refractivity contribution in [2.45, 2.75) is 19.4 Å². The molecule has 1 heterocycles. The largest absolute Gasteiger partial charge is 0.467 e. The molecule has 1 atom stereocenters. The Morgan fingerprint density at radius 2 is 2.00 bits per heavy atom. The monoisotopic (exact) mass is 281 g/mol. The highest BCUT2D eigenvalue weighted by Gasteiger charge is 2.27. The molecule has 0 saturated carbocycles. The topological polar surface area (TPSA) is 33.5 Å². The summed E-state index contributed by atoms with van der Waals surface area (Å²) in [6.45, 7) is 9.51. The van der Waals surface area contributed by atoms with Gasteiger partial charge in [0.15, 0.2) is 0 Å². The second kappa shape index (κ2) is 6.75. The van der Waals surface area contributed by atoms with Crippen molar-refractivity contribution in [1.29, 1.82) is 0 Å². The summed E-state index contributed by atoms with van der Waals surface area (Å²) < 4.78 is 5.52. The zero-order valence-electron chi connectivity index (χ0n) is 12.2. The minimum atomic E-state index is -0.231. The number of rotatable bonds is 6. The average Bonchev–Trinajstić information content (AvgIpc) is 3.01. The molecule has 0 fully saturated rings. The van der Waals surface area contributed by atoms with Gasteiger partial charge in [-0.3, -0.25) is 9.69 Å². The molecule has 0 bridgehead atoms. The average molecular weight is 281 g/mol. The lowest BCUT2D eigenvalue weighted by Gasteiger charge is -2.30. The molecule has 108 valence electrons. The van der Waals surface area contributed by atoms with Crippen LogP contribution in [-0.4, -0.2) is 5.91 Å². The molecule has 0 radical (unpaired) electrons. The molecule has 3 nitrogen and oxygen atoms in total. The van der Waals surface area contributed by atoms with Crippen LogP contribution in [0.5, 0.6) is 0 Å². The number of amides is 1. The third-order valence-electron chi connectivity index (χ3n) is 3.17. The number of nitrogens with zero attached hydrogens (tertiary/aromatic N) is 1. The van der Waals surface area contributed by atoms with Gasteiger partial charge in [-0.1, -0.05) is 30.4 Å². The quantitative estimate of drug-likeness (QED) is 0.576. The number of anilines is 1. The molecule has 0 aliphatic rings. The van der Waals surface area contributed by atoms with Crippen molar-refractivity contribution in [2.75, 3.05) is 4.90 Å². The maximum atomic E-state index is 12.4. The maximum absolute atomic E-state index is 12.4. The van der Waals surface area contributed by atoms with Crippen LogP contribution in [0.3, 0.4) is 0 Å². The Labute approximate surface area is 125 Å². The first-order chi connectivity index (χ1) is 10.1. The SMILES string of the molecule is C=CC(=O)N(c1ccccc1)C(CC(=C)C)c1ccco1. The smallest absolute Gasteiger partial charge is 0.251 e. The van der Waals surface area contributed by atoms with Crippen molar-refractivity contribution in [1.82, 2.24) is 0 Å². The first-order valence-electron chi connectivity index (χ1n) is 6.82. The van der Waals surface area contributed by atoms with E-state index in [-0.39, 0.29) is 11.9 Å². The van der Waals surface area contributed by atoms with Crippen LogP contribution in [0.25, 0.3) is 0 Å². The van der Waals surface area contributed by atoms with Crippen LogP contribution in [-0.2, 0) is 4.79 Å². The molecule has 1 aromatic carbocycles. The van der Waals surface area contributed by atoms with Gasteiger partial charge in [0.25, 0.3) is 5.91 Å². The van der Waals surface area contributed by atoms with Crippen molar-refractivity contribution in [3.8, 4) is 0 Å². The van der Waals surface area contributed by atoms with E-state index in [9.17, 15) is 4.79 Å². The Balaban J connectivity index is 2.47. The minimum absolute atomic E-state index is 0.163. The molecule has 1 aromatic heterocycles. The standard InChI is InChI=1S/C18H19NO2/c1-4-18(20)19(15-9-6-5-7-10-15)16(13-14(2)3)17-11-8-12-21-17/h4-12,16H,1-2,13H2,3H3. The number of para-hydroxylation sites is 1. The molecule has 3 heteroatoms. The van der Waals surface area contributed by atoms with Crippen LogP contribution in [0.15, 0.2) is 78.0 Å². The van der Waals surface area contributed by atoms with E-state index in [1.807, 2.05) is 49.4 Å². The van der Waals surface area contributed by atoms with Gasteiger partial charge < -0.3 is 4.42 Å². The summed E-state index contributed by atoms with van der Waals surface area (Å²) >= 11 is 0. The number of carbonyl (C=O) groups is 1. The van der Waals surface area contributed by atoms with E-state index in [2.05, 4.69) is 13.2 Å². The van der Waals surface area contributed by atoms with Crippen LogP contribution < -0.4 is 4.90 Å². The van der Waals surface area contributed by atoms with Crippen LogP contribution in [0.1, 0.15) is 25.1 Å². The maximum Gasteiger partial charge on any atom is 0.251 e. The number of furan rings is 1. The fourth-order valence-corrected chi connectivity index (χ4v) is 2.28. The summed E-state index contributed by atoms with van der Waals surface area (Å²) in [6.07, 6.45) is 3.56. The van der Waals surface area contributed by atoms with Gasteiger partial charge in [-0.25, -0.2) is 0 Å². The van der Waals surface area contributed by atoms with Gasteiger partial charge >= 0.3 is 0 Å². The molecule has 21 heavy (non-hydrogen) atoms.